The Bertz CT molecular complexity index is 1030. The molecular weight excluding hydrogens is 435 g/mol. The van der Waals surface area contributed by atoms with Gasteiger partial charge in [0, 0.05) is 13.1 Å². The van der Waals surface area contributed by atoms with Gasteiger partial charge in [0.15, 0.2) is 5.16 Å². The lowest BCUT2D eigenvalue weighted by Crippen LogP contribution is -2.30. The molecule has 0 radical (unpaired) electrons. The average molecular weight is 453 g/mol. The van der Waals surface area contributed by atoms with Crippen LogP contribution in [0.25, 0.3) is 10.2 Å². The van der Waals surface area contributed by atoms with Gasteiger partial charge in [-0.2, -0.15) is 0 Å². The molecule has 3 heterocycles. The van der Waals surface area contributed by atoms with E-state index >= 15 is 0 Å². The lowest BCUT2D eigenvalue weighted by molar-refractivity contribution is 0.103. The maximum Gasteiger partial charge on any atom is 0.265 e. The van der Waals surface area contributed by atoms with Crippen molar-refractivity contribution in [1.29, 1.82) is 0 Å². The molecule has 0 spiro atoms. The number of carbonyl (C=O) groups excluding carboxylic acids is 1. The van der Waals surface area contributed by atoms with Crippen LogP contribution in [0.2, 0.25) is 10.0 Å². The number of thioether (sulfide) groups is 1. The molecule has 0 bridgehead atoms. The molecule has 0 atom stereocenters. The fraction of sp³-hybridized carbons (Fsp3) is 0.316. The van der Waals surface area contributed by atoms with Gasteiger partial charge in [-0.3, -0.25) is 4.79 Å². The van der Waals surface area contributed by atoms with Crippen LogP contribution < -0.4 is 10.2 Å². The number of piperidine rings is 1. The summed E-state index contributed by atoms with van der Waals surface area (Å²) < 4.78 is 0. The van der Waals surface area contributed by atoms with Crippen molar-refractivity contribution in [3.8, 4) is 0 Å². The van der Waals surface area contributed by atoms with E-state index in [1.807, 2.05) is 12.3 Å². The molecule has 9 heteroatoms. The maximum atomic E-state index is 12.8. The Kier molecular flexibility index (Phi) is 5.96. The van der Waals surface area contributed by atoms with Crippen molar-refractivity contribution >= 4 is 73.9 Å². The smallest absolute Gasteiger partial charge is 0.265 e. The number of anilines is 2. The summed E-state index contributed by atoms with van der Waals surface area (Å²) in [5, 5.41) is 5.22. The molecule has 0 aliphatic carbocycles. The summed E-state index contributed by atoms with van der Waals surface area (Å²) in [6.07, 6.45) is 5.52. The van der Waals surface area contributed by atoms with Gasteiger partial charge in [-0.1, -0.05) is 41.0 Å². The summed E-state index contributed by atoms with van der Waals surface area (Å²) in [7, 11) is 0. The molecule has 28 heavy (non-hydrogen) atoms. The summed E-state index contributed by atoms with van der Waals surface area (Å²) in [5.41, 5.74) is 0.490. The van der Waals surface area contributed by atoms with Crippen LogP contribution in [0.5, 0.6) is 0 Å². The van der Waals surface area contributed by atoms with E-state index in [1.54, 1.807) is 18.2 Å². The number of halogens is 2. The first-order valence-corrected chi connectivity index (χ1v) is 11.7. The van der Waals surface area contributed by atoms with Crippen molar-refractivity contribution in [1.82, 2.24) is 9.97 Å². The summed E-state index contributed by atoms with van der Waals surface area (Å²) in [4.78, 5) is 25.9. The molecule has 146 valence electrons. The van der Waals surface area contributed by atoms with E-state index in [0.717, 1.165) is 47.1 Å². The van der Waals surface area contributed by atoms with Gasteiger partial charge in [0.2, 0.25) is 0 Å². The van der Waals surface area contributed by atoms with Gasteiger partial charge < -0.3 is 10.2 Å². The SMILES string of the molecule is CSc1nc(N2CCCCC2)c2cc(C(=O)Nc3cccc(Cl)c3Cl)sc2n1. The zero-order chi connectivity index (χ0) is 19.7. The second-order valence-corrected chi connectivity index (χ2v) is 9.06. The zero-order valence-corrected chi connectivity index (χ0v) is 18.3. The molecular formula is C19H18Cl2N4OS2. The zero-order valence-electron chi connectivity index (χ0n) is 15.2. The molecule has 1 aliphatic heterocycles. The van der Waals surface area contributed by atoms with Crippen LogP contribution in [-0.2, 0) is 0 Å². The number of rotatable bonds is 4. The van der Waals surface area contributed by atoms with Crippen LogP contribution in [0.1, 0.15) is 28.9 Å². The summed E-state index contributed by atoms with van der Waals surface area (Å²) in [6, 6.07) is 7.04. The Labute approximate surface area is 181 Å². The lowest BCUT2D eigenvalue weighted by atomic mass is 10.1. The van der Waals surface area contributed by atoms with E-state index in [4.69, 9.17) is 28.2 Å². The summed E-state index contributed by atoms with van der Waals surface area (Å²) in [5.74, 6) is 0.688. The molecule has 1 aromatic carbocycles. The number of thiophene rings is 1. The van der Waals surface area contributed by atoms with Crippen molar-refractivity contribution < 1.29 is 4.79 Å². The first-order chi connectivity index (χ1) is 13.6. The minimum absolute atomic E-state index is 0.234. The maximum absolute atomic E-state index is 12.8. The molecule has 1 saturated heterocycles. The highest BCUT2D eigenvalue weighted by molar-refractivity contribution is 7.98. The summed E-state index contributed by atoms with van der Waals surface area (Å²) >= 11 is 15.1. The Morgan fingerprint density at radius 1 is 1.21 bits per heavy atom. The predicted molar refractivity (Wildman–Crippen MR) is 120 cm³/mol. The first kappa shape index (κ1) is 19.8. The van der Waals surface area contributed by atoms with Gasteiger partial charge in [0.05, 0.1) is 26.0 Å². The highest BCUT2D eigenvalue weighted by atomic mass is 35.5. The number of benzene rings is 1. The Morgan fingerprint density at radius 2 is 2.00 bits per heavy atom. The molecule has 1 aliphatic rings. The van der Waals surface area contributed by atoms with Crippen LogP contribution in [0.15, 0.2) is 29.4 Å². The largest absolute Gasteiger partial charge is 0.356 e. The molecule has 1 amide bonds. The number of fused-ring (bicyclic) bond motifs is 1. The number of amides is 1. The topological polar surface area (TPSA) is 58.1 Å². The highest BCUT2D eigenvalue weighted by Gasteiger charge is 2.21. The minimum Gasteiger partial charge on any atom is -0.356 e. The van der Waals surface area contributed by atoms with E-state index in [0.29, 0.717) is 20.6 Å². The van der Waals surface area contributed by atoms with Crippen molar-refractivity contribution in [3.05, 3.63) is 39.2 Å². The highest BCUT2D eigenvalue weighted by Crippen LogP contribution is 2.35. The fourth-order valence-electron chi connectivity index (χ4n) is 3.22. The molecule has 0 saturated carbocycles. The number of nitrogens with zero attached hydrogens (tertiary/aromatic N) is 3. The van der Waals surface area contributed by atoms with Gasteiger partial charge in [-0.05, 0) is 43.7 Å². The second-order valence-electron chi connectivity index (χ2n) is 6.47. The first-order valence-electron chi connectivity index (χ1n) is 8.92. The van der Waals surface area contributed by atoms with Gasteiger partial charge in [-0.25, -0.2) is 9.97 Å². The third-order valence-electron chi connectivity index (χ3n) is 4.61. The molecule has 4 rings (SSSR count). The van der Waals surface area contributed by atoms with E-state index < -0.39 is 0 Å². The summed E-state index contributed by atoms with van der Waals surface area (Å²) in [6.45, 7) is 1.96. The van der Waals surface area contributed by atoms with Crippen molar-refractivity contribution in [2.45, 2.75) is 24.4 Å². The van der Waals surface area contributed by atoms with Crippen molar-refractivity contribution in [3.63, 3.8) is 0 Å². The standard InChI is InChI=1S/C19H18Cl2N4OS2/c1-27-19-23-16(25-8-3-2-4-9-25)11-10-14(28-18(11)24-19)17(26)22-13-7-5-6-12(20)15(13)21/h5-7,10H,2-4,8-9H2,1H3,(H,22,26). The van der Waals surface area contributed by atoms with Crippen molar-refractivity contribution in [2.75, 3.05) is 29.6 Å². The van der Waals surface area contributed by atoms with E-state index in [2.05, 4.69) is 15.2 Å². The Hall–Kier alpha value is -1.54. The number of nitrogens with one attached hydrogen (secondary N) is 1. The average Bonchev–Trinajstić information content (AvgIpc) is 3.15. The van der Waals surface area contributed by atoms with Gasteiger partial charge in [0.1, 0.15) is 10.6 Å². The van der Waals surface area contributed by atoms with Crippen LogP contribution in [0, 0.1) is 0 Å². The third-order valence-corrected chi connectivity index (χ3v) is 7.01. The Balaban J connectivity index is 1.70. The third kappa shape index (κ3) is 3.94. The normalized spacial score (nSPS) is 14.5. The van der Waals surface area contributed by atoms with Gasteiger partial charge >= 0.3 is 0 Å². The van der Waals surface area contributed by atoms with Crippen LogP contribution >= 0.6 is 46.3 Å². The number of hydrogen-bond donors (Lipinski definition) is 1. The van der Waals surface area contributed by atoms with Crippen LogP contribution in [0.3, 0.4) is 0 Å². The van der Waals surface area contributed by atoms with Gasteiger partial charge in [0.25, 0.3) is 5.91 Å². The lowest BCUT2D eigenvalue weighted by Gasteiger charge is -2.28. The molecule has 5 nitrogen and oxygen atoms in total. The number of aromatic nitrogens is 2. The van der Waals surface area contributed by atoms with E-state index in [-0.39, 0.29) is 5.91 Å². The number of hydrogen-bond acceptors (Lipinski definition) is 6. The quantitative estimate of drug-likeness (QED) is 0.390. The van der Waals surface area contributed by atoms with Crippen molar-refractivity contribution in [2.24, 2.45) is 0 Å². The molecule has 2 aromatic heterocycles. The second kappa shape index (κ2) is 8.45. The molecule has 1 fully saturated rings. The monoisotopic (exact) mass is 452 g/mol. The molecule has 1 N–H and O–H groups in total. The molecule has 3 aromatic rings. The Morgan fingerprint density at radius 3 is 2.75 bits per heavy atom. The van der Waals surface area contributed by atoms with E-state index in [1.165, 1.54) is 29.5 Å². The minimum atomic E-state index is -0.234. The van der Waals surface area contributed by atoms with Crippen LogP contribution in [0.4, 0.5) is 11.5 Å². The van der Waals surface area contributed by atoms with Gasteiger partial charge in [-0.15, -0.1) is 11.3 Å². The number of carbonyl (C=O) groups is 1. The fourth-order valence-corrected chi connectivity index (χ4v) is 4.91. The van der Waals surface area contributed by atoms with E-state index in [9.17, 15) is 4.79 Å². The predicted octanol–water partition coefficient (Wildman–Crippen LogP) is 5.96. The van der Waals surface area contributed by atoms with Crippen LogP contribution in [-0.4, -0.2) is 35.2 Å². The molecule has 0 unspecified atom stereocenters.